The van der Waals surface area contributed by atoms with Gasteiger partial charge in [0.15, 0.2) is 0 Å². The predicted octanol–water partition coefficient (Wildman–Crippen LogP) is 0.635. The summed E-state index contributed by atoms with van der Waals surface area (Å²) in [5.41, 5.74) is 0. The fourth-order valence-corrected chi connectivity index (χ4v) is 2.92. The van der Waals surface area contributed by atoms with Gasteiger partial charge in [0.2, 0.25) is 5.91 Å². The first kappa shape index (κ1) is 12.8. The highest BCUT2D eigenvalue weighted by molar-refractivity contribution is 5.75. The van der Waals surface area contributed by atoms with Gasteiger partial charge >= 0.3 is 0 Å². The van der Waals surface area contributed by atoms with Crippen molar-refractivity contribution >= 4 is 5.91 Å². The molecule has 2 fully saturated rings. The summed E-state index contributed by atoms with van der Waals surface area (Å²) >= 11 is 0. The van der Waals surface area contributed by atoms with Crippen LogP contribution in [-0.2, 0) is 4.79 Å². The van der Waals surface area contributed by atoms with Crippen molar-refractivity contribution in [1.29, 1.82) is 0 Å². The summed E-state index contributed by atoms with van der Waals surface area (Å²) < 4.78 is 0. The van der Waals surface area contributed by atoms with Gasteiger partial charge < -0.3 is 9.80 Å². The molecule has 0 radical (unpaired) electrons. The SMILES string of the molecule is CCC(=O)N1CCN(C2CCN(C)CC2)CC1. The maximum atomic E-state index is 11.6. The molecule has 0 aromatic carbocycles. The molecule has 1 amide bonds. The molecule has 0 N–H and O–H groups in total. The molecule has 2 aliphatic rings. The quantitative estimate of drug-likeness (QED) is 0.707. The monoisotopic (exact) mass is 239 g/mol. The Bertz CT molecular complexity index is 253. The van der Waals surface area contributed by atoms with Gasteiger partial charge in [-0.3, -0.25) is 9.69 Å². The molecular formula is C13H25N3O. The average molecular weight is 239 g/mol. The highest BCUT2D eigenvalue weighted by atomic mass is 16.2. The van der Waals surface area contributed by atoms with Crippen LogP contribution in [0.2, 0.25) is 0 Å². The number of carbonyl (C=O) groups is 1. The summed E-state index contributed by atoms with van der Waals surface area (Å²) in [6, 6.07) is 0.755. The van der Waals surface area contributed by atoms with Gasteiger partial charge in [-0.05, 0) is 33.0 Å². The third-order valence-electron chi connectivity index (χ3n) is 4.17. The molecule has 4 nitrogen and oxygen atoms in total. The standard InChI is InChI=1S/C13H25N3O/c1-3-13(17)16-10-8-15(9-11-16)12-4-6-14(2)7-5-12/h12H,3-11H2,1-2H3. The molecular weight excluding hydrogens is 214 g/mol. The van der Waals surface area contributed by atoms with Crippen LogP contribution in [0.3, 0.4) is 0 Å². The van der Waals surface area contributed by atoms with Crippen LogP contribution in [-0.4, -0.2) is 73.0 Å². The molecule has 0 aliphatic carbocycles. The Balaban J connectivity index is 1.77. The molecule has 0 bridgehead atoms. The number of likely N-dealkylation sites (tertiary alicyclic amines) is 1. The molecule has 0 spiro atoms. The second-order valence-corrected chi connectivity index (χ2v) is 5.30. The molecule has 98 valence electrons. The number of hydrogen-bond acceptors (Lipinski definition) is 3. The summed E-state index contributed by atoms with van der Waals surface area (Å²) in [5.74, 6) is 0.313. The van der Waals surface area contributed by atoms with E-state index in [1.54, 1.807) is 0 Å². The van der Waals surface area contributed by atoms with Crippen LogP contribution in [0.4, 0.5) is 0 Å². The van der Waals surface area contributed by atoms with E-state index in [0.717, 1.165) is 32.2 Å². The van der Waals surface area contributed by atoms with E-state index in [2.05, 4.69) is 16.8 Å². The minimum absolute atomic E-state index is 0.313. The Morgan fingerprint density at radius 1 is 1.06 bits per heavy atom. The first-order chi connectivity index (χ1) is 8.20. The summed E-state index contributed by atoms with van der Waals surface area (Å²) in [7, 11) is 2.20. The van der Waals surface area contributed by atoms with E-state index >= 15 is 0 Å². The van der Waals surface area contributed by atoms with Crippen molar-refractivity contribution < 1.29 is 4.79 Å². The Morgan fingerprint density at radius 3 is 2.18 bits per heavy atom. The van der Waals surface area contributed by atoms with Crippen LogP contribution in [0.25, 0.3) is 0 Å². The van der Waals surface area contributed by atoms with Crippen LogP contribution in [0.15, 0.2) is 0 Å². The minimum atomic E-state index is 0.313. The second kappa shape index (κ2) is 5.83. The molecule has 0 aromatic rings. The van der Waals surface area contributed by atoms with E-state index < -0.39 is 0 Å². The van der Waals surface area contributed by atoms with Crippen LogP contribution in [0.5, 0.6) is 0 Å². The van der Waals surface area contributed by atoms with E-state index in [1.165, 1.54) is 25.9 Å². The molecule has 2 aliphatic heterocycles. The lowest BCUT2D eigenvalue weighted by Crippen LogP contribution is -2.53. The number of carbonyl (C=O) groups excluding carboxylic acids is 1. The van der Waals surface area contributed by atoms with Crippen molar-refractivity contribution in [3.63, 3.8) is 0 Å². The van der Waals surface area contributed by atoms with Gasteiger partial charge in [-0.2, -0.15) is 0 Å². The van der Waals surface area contributed by atoms with Crippen LogP contribution < -0.4 is 0 Å². The zero-order chi connectivity index (χ0) is 12.3. The van der Waals surface area contributed by atoms with Crippen LogP contribution in [0.1, 0.15) is 26.2 Å². The van der Waals surface area contributed by atoms with Gasteiger partial charge in [-0.15, -0.1) is 0 Å². The molecule has 0 aromatic heterocycles. The van der Waals surface area contributed by atoms with Gasteiger partial charge in [0, 0.05) is 38.6 Å². The Hall–Kier alpha value is -0.610. The topological polar surface area (TPSA) is 26.8 Å². The van der Waals surface area contributed by atoms with E-state index in [9.17, 15) is 4.79 Å². The zero-order valence-corrected chi connectivity index (χ0v) is 11.2. The lowest BCUT2D eigenvalue weighted by Gasteiger charge is -2.42. The number of amides is 1. The minimum Gasteiger partial charge on any atom is -0.340 e. The summed E-state index contributed by atoms with van der Waals surface area (Å²) in [5, 5.41) is 0. The van der Waals surface area contributed by atoms with Crippen molar-refractivity contribution in [2.45, 2.75) is 32.2 Å². The van der Waals surface area contributed by atoms with Gasteiger partial charge in [-0.25, -0.2) is 0 Å². The fourth-order valence-electron chi connectivity index (χ4n) is 2.92. The van der Waals surface area contributed by atoms with Crippen LogP contribution in [0, 0.1) is 0 Å². The maximum absolute atomic E-state index is 11.6. The Morgan fingerprint density at radius 2 is 1.65 bits per heavy atom. The van der Waals surface area contributed by atoms with Gasteiger partial charge in [0.1, 0.15) is 0 Å². The van der Waals surface area contributed by atoms with Crippen molar-refractivity contribution in [3.05, 3.63) is 0 Å². The number of hydrogen-bond donors (Lipinski definition) is 0. The molecule has 0 unspecified atom stereocenters. The first-order valence-corrected chi connectivity index (χ1v) is 6.91. The van der Waals surface area contributed by atoms with E-state index in [4.69, 9.17) is 0 Å². The maximum Gasteiger partial charge on any atom is 0.222 e. The number of piperazine rings is 1. The average Bonchev–Trinajstić information content (AvgIpc) is 2.39. The third-order valence-corrected chi connectivity index (χ3v) is 4.17. The Labute approximate surface area is 105 Å². The second-order valence-electron chi connectivity index (χ2n) is 5.30. The largest absolute Gasteiger partial charge is 0.340 e. The van der Waals surface area contributed by atoms with Crippen molar-refractivity contribution in [2.75, 3.05) is 46.3 Å². The van der Waals surface area contributed by atoms with E-state index in [1.807, 2.05) is 11.8 Å². The predicted molar refractivity (Wildman–Crippen MR) is 69.0 cm³/mol. The van der Waals surface area contributed by atoms with Gasteiger partial charge in [-0.1, -0.05) is 6.92 Å². The molecule has 2 heterocycles. The number of rotatable bonds is 2. The highest BCUT2D eigenvalue weighted by Gasteiger charge is 2.27. The molecule has 2 saturated heterocycles. The van der Waals surface area contributed by atoms with Gasteiger partial charge in [0.05, 0.1) is 0 Å². The smallest absolute Gasteiger partial charge is 0.222 e. The molecule has 0 atom stereocenters. The Kier molecular flexibility index (Phi) is 4.40. The number of piperidine rings is 1. The molecule has 2 rings (SSSR count). The molecule has 0 saturated carbocycles. The normalized spacial score (nSPS) is 25.2. The van der Waals surface area contributed by atoms with Crippen molar-refractivity contribution in [2.24, 2.45) is 0 Å². The fraction of sp³-hybridized carbons (Fsp3) is 0.923. The molecule has 17 heavy (non-hydrogen) atoms. The summed E-state index contributed by atoms with van der Waals surface area (Å²) in [6.45, 7) is 8.39. The lowest BCUT2D eigenvalue weighted by molar-refractivity contribution is -0.133. The first-order valence-electron chi connectivity index (χ1n) is 6.91. The third kappa shape index (κ3) is 3.19. The zero-order valence-electron chi connectivity index (χ0n) is 11.2. The van der Waals surface area contributed by atoms with E-state index in [0.29, 0.717) is 12.3 Å². The van der Waals surface area contributed by atoms with E-state index in [-0.39, 0.29) is 0 Å². The van der Waals surface area contributed by atoms with Crippen LogP contribution >= 0.6 is 0 Å². The van der Waals surface area contributed by atoms with Crippen molar-refractivity contribution in [1.82, 2.24) is 14.7 Å². The van der Waals surface area contributed by atoms with Crippen molar-refractivity contribution in [3.8, 4) is 0 Å². The highest BCUT2D eigenvalue weighted by Crippen LogP contribution is 2.17. The summed E-state index contributed by atoms with van der Waals surface area (Å²) in [6.07, 6.45) is 3.23. The lowest BCUT2D eigenvalue weighted by atomic mass is 10.0. The number of nitrogens with zero attached hydrogens (tertiary/aromatic N) is 3. The molecule has 4 heteroatoms. The van der Waals surface area contributed by atoms with Gasteiger partial charge in [0.25, 0.3) is 0 Å². The summed E-state index contributed by atoms with van der Waals surface area (Å²) in [4.78, 5) is 18.6.